The summed E-state index contributed by atoms with van der Waals surface area (Å²) in [5.41, 5.74) is 0.757. The Hall–Kier alpha value is -3.55. The van der Waals surface area contributed by atoms with E-state index in [1.807, 2.05) is 91.9 Å². The molecule has 0 amide bonds. The van der Waals surface area contributed by atoms with Crippen molar-refractivity contribution in [2.75, 3.05) is 0 Å². The number of hydrogen-bond acceptors (Lipinski definition) is 3. The summed E-state index contributed by atoms with van der Waals surface area (Å²) < 4.78 is 7.06. The summed E-state index contributed by atoms with van der Waals surface area (Å²) >= 11 is 0. The number of Topliss-reactive ketones (excluding diaryl/α,β-unsaturated/α-hetero) is 1. The second-order valence-corrected chi connectivity index (χ2v) is 10.8. The molecule has 4 aromatic carbocycles. The summed E-state index contributed by atoms with van der Waals surface area (Å²) in [7, 11) is -2.62. The molecule has 0 heterocycles. The van der Waals surface area contributed by atoms with Crippen LogP contribution >= 0.6 is 7.49 Å². The second kappa shape index (κ2) is 10.4. The van der Waals surface area contributed by atoms with Gasteiger partial charge < -0.3 is 4.52 Å². The van der Waals surface area contributed by atoms with Gasteiger partial charge in [0.05, 0.1) is 11.6 Å². The molecule has 0 aliphatic heterocycles. The van der Waals surface area contributed by atoms with Crippen molar-refractivity contribution in [1.29, 1.82) is 0 Å². The van der Waals surface area contributed by atoms with Crippen molar-refractivity contribution in [1.82, 2.24) is 0 Å². The van der Waals surface area contributed by atoms with Crippen molar-refractivity contribution in [3.8, 4) is 0 Å². The zero-order valence-corrected chi connectivity index (χ0v) is 19.7. The van der Waals surface area contributed by atoms with Crippen molar-refractivity contribution in [2.24, 2.45) is 10.9 Å². The zero-order chi connectivity index (χ0) is 23.1. The normalized spacial score (nSPS) is 12.7. The maximum Gasteiger partial charge on any atom is 0.289 e. The predicted molar refractivity (Wildman–Crippen MR) is 140 cm³/mol. The second-order valence-electron chi connectivity index (χ2n) is 7.83. The molecule has 0 spiro atoms. The first-order valence-electron chi connectivity index (χ1n) is 11.0. The minimum absolute atomic E-state index is 0.0111. The quantitative estimate of drug-likeness (QED) is 0.200. The first-order chi connectivity index (χ1) is 16.1. The molecular weight excluding hydrogens is 425 g/mol. The van der Waals surface area contributed by atoms with Crippen LogP contribution in [-0.2, 0) is 9.32 Å². The third-order valence-electron chi connectivity index (χ3n) is 5.57. The fourth-order valence-corrected chi connectivity index (χ4v) is 7.13. The number of para-hydroxylation sites is 1. The molecule has 1 atom stereocenters. The molecule has 0 saturated heterocycles. The molecule has 0 aliphatic rings. The van der Waals surface area contributed by atoms with Gasteiger partial charge in [-0.05, 0) is 62.4 Å². The Kier molecular flexibility index (Phi) is 7.12. The highest BCUT2D eigenvalue weighted by molar-refractivity contribution is 7.92. The van der Waals surface area contributed by atoms with E-state index in [0.29, 0.717) is 5.90 Å². The van der Waals surface area contributed by atoms with Crippen LogP contribution in [0.3, 0.4) is 0 Å². The first-order valence-corrected chi connectivity index (χ1v) is 12.7. The molecule has 3 nitrogen and oxygen atoms in total. The topological polar surface area (TPSA) is 38.7 Å². The summed E-state index contributed by atoms with van der Waals surface area (Å²) in [4.78, 5) is 17.4. The van der Waals surface area contributed by atoms with Crippen LogP contribution in [0.1, 0.15) is 13.8 Å². The molecule has 4 heteroatoms. The lowest BCUT2D eigenvalue weighted by Gasteiger charge is -2.27. The summed E-state index contributed by atoms with van der Waals surface area (Å²) in [6.45, 7) is 3.45. The van der Waals surface area contributed by atoms with E-state index >= 15 is 0 Å². The van der Waals surface area contributed by atoms with E-state index < -0.39 is 13.4 Å². The Bertz CT molecular complexity index is 1110. The Balaban J connectivity index is 1.99. The molecule has 0 aliphatic carbocycles. The summed E-state index contributed by atoms with van der Waals surface area (Å²) in [5.74, 6) is -0.0451. The Morgan fingerprint density at radius 3 is 1.39 bits per heavy atom. The van der Waals surface area contributed by atoms with E-state index in [0.717, 1.165) is 21.6 Å². The molecule has 4 aromatic rings. The number of aliphatic imine (C=N–C) groups is 1. The van der Waals surface area contributed by atoms with Crippen molar-refractivity contribution >= 4 is 40.8 Å². The molecule has 164 valence electrons. The number of hydrogen-bond donors (Lipinski definition) is 0. The van der Waals surface area contributed by atoms with Gasteiger partial charge in [0, 0.05) is 0 Å². The van der Waals surface area contributed by atoms with Crippen molar-refractivity contribution in [3.05, 3.63) is 121 Å². The van der Waals surface area contributed by atoms with Crippen LogP contribution in [0.2, 0.25) is 0 Å². The molecule has 0 aromatic heterocycles. The Labute approximate surface area is 196 Å². The number of carbonyl (C=O) groups is 1. The predicted octanol–water partition coefficient (Wildman–Crippen LogP) is 5.87. The molecule has 0 fully saturated rings. The van der Waals surface area contributed by atoms with Crippen LogP contribution < -0.4 is 15.9 Å². The van der Waals surface area contributed by atoms with Gasteiger partial charge in [-0.25, -0.2) is 4.99 Å². The van der Waals surface area contributed by atoms with E-state index in [1.54, 1.807) is 6.92 Å². The van der Waals surface area contributed by atoms with Crippen molar-refractivity contribution in [3.63, 3.8) is 0 Å². The lowest BCUT2D eigenvalue weighted by atomic mass is 10.1. The average molecular weight is 453 g/mol. The van der Waals surface area contributed by atoms with Gasteiger partial charge in [-0.2, -0.15) is 0 Å². The van der Waals surface area contributed by atoms with Gasteiger partial charge >= 0.3 is 0 Å². The van der Waals surface area contributed by atoms with E-state index in [2.05, 4.69) is 36.4 Å². The van der Waals surface area contributed by atoms with E-state index in [9.17, 15) is 4.79 Å². The van der Waals surface area contributed by atoms with Crippen molar-refractivity contribution in [2.45, 2.75) is 13.8 Å². The van der Waals surface area contributed by atoms with Gasteiger partial charge in [0.2, 0.25) is 0 Å². The maximum absolute atomic E-state index is 12.5. The molecule has 0 saturated carbocycles. The Morgan fingerprint density at radius 2 is 1.03 bits per heavy atom. The minimum Gasteiger partial charge on any atom is -0.318 e. The van der Waals surface area contributed by atoms with Crippen LogP contribution in [0.5, 0.6) is 0 Å². The van der Waals surface area contributed by atoms with Crippen LogP contribution in [-0.4, -0.2) is 11.7 Å². The largest absolute Gasteiger partial charge is 0.318 e. The number of carbonyl (C=O) groups excluding carboxylic acids is 1. The average Bonchev–Trinajstić information content (AvgIpc) is 2.88. The highest BCUT2D eigenvalue weighted by Gasteiger charge is 2.51. The van der Waals surface area contributed by atoms with Gasteiger partial charge in [0.15, 0.2) is 0 Å². The van der Waals surface area contributed by atoms with Crippen LogP contribution in [0.4, 0.5) is 5.69 Å². The molecule has 0 N–H and O–H groups in total. The highest BCUT2D eigenvalue weighted by atomic mass is 31.2. The number of ketones is 1. The minimum atomic E-state index is -2.62. The summed E-state index contributed by atoms with van der Waals surface area (Å²) in [6, 6.07) is 40.5. The third-order valence-corrected chi connectivity index (χ3v) is 9.10. The van der Waals surface area contributed by atoms with E-state index in [-0.39, 0.29) is 5.78 Å². The molecule has 1 unspecified atom stereocenters. The lowest BCUT2D eigenvalue weighted by molar-refractivity contribution is -0.118. The highest BCUT2D eigenvalue weighted by Crippen LogP contribution is 2.57. The van der Waals surface area contributed by atoms with Gasteiger partial charge in [-0.1, -0.05) is 72.8 Å². The molecule has 33 heavy (non-hydrogen) atoms. The fraction of sp³-hybridized carbons (Fsp3) is 0.103. The summed E-state index contributed by atoms with van der Waals surface area (Å²) in [5, 5.41) is 3.21. The van der Waals surface area contributed by atoms with Crippen molar-refractivity contribution < 1.29 is 9.32 Å². The summed E-state index contributed by atoms with van der Waals surface area (Å²) in [6.07, 6.45) is 0. The van der Waals surface area contributed by atoms with Crippen LogP contribution in [0.25, 0.3) is 0 Å². The van der Waals surface area contributed by atoms with E-state index in [1.165, 1.54) is 0 Å². The number of nitrogens with zero attached hydrogens (tertiary/aromatic N) is 1. The van der Waals surface area contributed by atoms with E-state index in [4.69, 9.17) is 9.52 Å². The molecular formula is C29H27NO2P+. The van der Waals surface area contributed by atoms with Gasteiger partial charge in [-0.15, -0.1) is 0 Å². The number of benzene rings is 4. The van der Waals surface area contributed by atoms with Gasteiger partial charge in [0.25, 0.3) is 13.4 Å². The molecule has 4 rings (SSSR count). The van der Waals surface area contributed by atoms with Crippen LogP contribution in [0.15, 0.2) is 126 Å². The van der Waals surface area contributed by atoms with Crippen LogP contribution in [0, 0.1) is 5.92 Å². The zero-order valence-electron chi connectivity index (χ0n) is 18.8. The molecule has 0 bridgehead atoms. The van der Waals surface area contributed by atoms with Gasteiger partial charge in [-0.3, -0.25) is 4.79 Å². The monoisotopic (exact) mass is 452 g/mol. The smallest absolute Gasteiger partial charge is 0.289 e. The fourth-order valence-electron chi connectivity index (χ4n) is 3.66. The standard InChI is InChI=1S/C29H27NO2P/c1-23(24(2)31)29(30-25-15-7-3-8-16-25)32-33(26-17-9-4-10-18-26,27-19-11-5-12-20-27)28-21-13-6-14-22-28/h3-23H,1-2H3/q+1. The maximum atomic E-state index is 12.5. The lowest BCUT2D eigenvalue weighted by Crippen LogP contribution is -2.36. The first kappa shape index (κ1) is 22.6. The number of rotatable bonds is 7. The molecule has 0 radical (unpaired) electrons. The third kappa shape index (κ3) is 4.94. The SMILES string of the molecule is CC(=O)C(C)C(=Nc1ccccc1)O[P+](c1ccccc1)(c1ccccc1)c1ccccc1. The Morgan fingerprint density at radius 1 is 0.667 bits per heavy atom. The van der Waals surface area contributed by atoms with Gasteiger partial charge in [0.1, 0.15) is 21.7 Å².